The maximum Gasteiger partial charge on any atom is 0.250 e. The molecule has 0 spiro atoms. The number of halogens is 2. The van der Waals surface area contributed by atoms with Crippen LogP contribution in [-0.2, 0) is 0 Å². The van der Waals surface area contributed by atoms with Crippen molar-refractivity contribution in [1.82, 2.24) is 0 Å². The Morgan fingerprint density at radius 3 is 2.27 bits per heavy atom. The van der Waals surface area contributed by atoms with Crippen LogP contribution in [0.3, 0.4) is 0 Å². The minimum Gasteiger partial charge on any atom is -0.396 e. The molecule has 0 radical (unpaired) electrons. The summed E-state index contributed by atoms with van der Waals surface area (Å²) in [5, 5.41) is 8.48. The van der Waals surface area contributed by atoms with E-state index in [1.165, 1.54) is 0 Å². The first kappa shape index (κ1) is 8.91. The second-order valence-corrected chi connectivity index (χ2v) is 3.50. The Bertz CT molecular complexity index is 136. The van der Waals surface area contributed by atoms with Gasteiger partial charge >= 0.3 is 0 Å². The summed E-state index contributed by atoms with van der Waals surface area (Å²) in [6.07, 6.45) is 2.21. The second-order valence-electron chi connectivity index (χ2n) is 3.50. The van der Waals surface area contributed by atoms with Gasteiger partial charge in [0.05, 0.1) is 0 Å². The van der Waals surface area contributed by atoms with Gasteiger partial charge in [0.15, 0.2) is 0 Å². The van der Waals surface area contributed by atoms with Gasteiger partial charge in [0, 0.05) is 12.0 Å². The number of alkyl halides is 2. The van der Waals surface area contributed by atoms with Gasteiger partial charge in [0.25, 0.3) is 5.92 Å². The molecule has 11 heavy (non-hydrogen) atoms. The Balaban J connectivity index is 2.41. The summed E-state index contributed by atoms with van der Waals surface area (Å²) >= 11 is 0. The molecule has 0 aliphatic heterocycles. The van der Waals surface area contributed by atoms with Gasteiger partial charge in [-0.05, 0) is 32.6 Å². The molecule has 0 atom stereocenters. The van der Waals surface area contributed by atoms with Gasteiger partial charge in [-0.1, -0.05) is 0 Å². The fourth-order valence-electron chi connectivity index (χ4n) is 1.48. The van der Waals surface area contributed by atoms with Gasteiger partial charge in [-0.15, -0.1) is 0 Å². The summed E-state index contributed by atoms with van der Waals surface area (Å²) in [6.45, 7) is 1.01. The van der Waals surface area contributed by atoms with Crippen molar-refractivity contribution in [3.63, 3.8) is 0 Å². The van der Waals surface area contributed by atoms with Crippen LogP contribution >= 0.6 is 0 Å². The van der Waals surface area contributed by atoms with Crippen LogP contribution in [0.1, 0.15) is 32.6 Å². The van der Waals surface area contributed by atoms with Crippen molar-refractivity contribution in [2.75, 3.05) is 6.61 Å². The highest BCUT2D eigenvalue weighted by molar-refractivity contribution is 5.01. The third-order valence-electron chi connectivity index (χ3n) is 2.60. The molecule has 1 aliphatic carbocycles. The Morgan fingerprint density at radius 2 is 2.00 bits per heavy atom. The van der Waals surface area contributed by atoms with Gasteiger partial charge in [0.2, 0.25) is 0 Å². The van der Waals surface area contributed by atoms with Crippen molar-refractivity contribution in [3.05, 3.63) is 0 Å². The van der Waals surface area contributed by atoms with E-state index in [1.54, 1.807) is 0 Å². The first-order chi connectivity index (χ1) is 5.02. The van der Waals surface area contributed by atoms with Crippen LogP contribution in [-0.4, -0.2) is 17.6 Å². The number of aliphatic hydroxyl groups is 1. The van der Waals surface area contributed by atoms with Crippen molar-refractivity contribution in [2.45, 2.75) is 38.5 Å². The quantitative estimate of drug-likeness (QED) is 0.675. The van der Waals surface area contributed by atoms with E-state index in [-0.39, 0.29) is 6.61 Å². The zero-order chi connectivity index (χ0) is 8.54. The highest BCUT2D eigenvalue weighted by Crippen LogP contribution is 2.59. The molecule has 0 heterocycles. The van der Waals surface area contributed by atoms with E-state index in [1.807, 2.05) is 0 Å². The van der Waals surface area contributed by atoms with Crippen LogP contribution in [0.25, 0.3) is 0 Å². The standard InChI is InChI=1S/C8H14F2O/c1-7(9,10)8(4-5-8)3-2-6-11/h11H,2-6H2,1H3. The zero-order valence-corrected chi connectivity index (χ0v) is 6.74. The van der Waals surface area contributed by atoms with E-state index >= 15 is 0 Å². The first-order valence-corrected chi connectivity index (χ1v) is 4.00. The lowest BCUT2D eigenvalue weighted by molar-refractivity contribution is -0.0596. The number of hydrogen-bond acceptors (Lipinski definition) is 1. The van der Waals surface area contributed by atoms with E-state index in [4.69, 9.17) is 5.11 Å². The lowest BCUT2D eigenvalue weighted by Crippen LogP contribution is -2.26. The van der Waals surface area contributed by atoms with Crippen molar-refractivity contribution >= 4 is 0 Å². The van der Waals surface area contributed by atoms with Crippen LogP contribution in [0.2, 0.25) is 0 Å². The lowest BCUT2D eigenvalue weighted by atomic mass is 9.94. The molecular formula is C8H14F2O. The van der Waals surface area contributed by atoms with E-state index in [2.05, 4.69) is 0 Å². The molecule has 3 heteroatoms. The van der Waals surface area contributed by atoms with Gasteiger partial charge in [-0.3, -0.25) is 0 Å². The molecule has 0 saturated heterocycles. The molecule has 0 bridgehead atoms. The Labute approximate surface area is 65.4 Å². The predicted octanol–water partition coefficient (Wildman–Crippen LogP) is 2.19. The maximum absolute atomic E-state index is 12.8. The van der Waals surface area contributed by atoms with E-state index in [0.29, 0.717) is 25.7 Å². The predicted molar refractivity (Wildman–Crippen MR) is 38.6 cm³/mol. The number of aliphatic hydroxyl groups excluding tert-OH is 1. The lowest BCUT2D eigenvalue weighted by Gasteiger charge is -2.22. The van der Waals surface area contributed by atoms with Crippen LogP contribution in [0.5, 0.6) is 0 Å². The minimum atomic E-state index is -2.55. The Hall–Kier alpha value is -0.180. The normalized spacial score (nSPS) is 21.8. The summed E-state index contributed by atoms with van der Waals surface area (Å²) in [5.74, 6) is -2.55. The summed E-state index contributed by atoms with van der Waals surface area (Å²) in [7, 11) is 0. The zero-order valence-electron chi connectivity index (χ0n) is 6.74. The largest absolute Gasteiger partial charge is 0.396 e. The molecule has 0 aromatic rings. The molecule has 1 rings (SSSR count). The monoisotopic (exact) mass is 164 g/mol. The fourth-order valence-corrected chi connectivity index (χ4v) is 1.48. The van der Waals surface area contributed by atoms with Gasteiger partial charge in [-0.25, -0.2) is 8.78 Å². The van der Waals surface area contributed by atoms with Crippen molar-refractivity contribution in [3.8, 4) is 0 Å². The third-order valence-corrected chi connectivity index (χ3v) is 2.60. The summed E-state index contributed by atoms with van der Waals surface area (Å²) in [4.78, 5) is 0. The van der Waals surface area contributed by atoms with Crippen molar-refractivity contribution in [2.24, 2.45) is 5.41 Å². The summed E-state index contributed by atoms with van der Waals surface area (Å²) in [5.41, 5.74) is -0.754. The average Bonchev–Trinajstić information content (AvgIpc) is 2.61. The van der Waals surface area contributed by atoms with Gasteiger partial charge in [0.1, 0.15) is 0 Å². The smallest absolute Gasteiger partial charge is 0.250 e. The first-order valence-electron chi connectivity index (χ1n) is 4.00. The average molecular weight is 164 g/mol. The summed E-state index contributed by atoms with van der Waals surface area (Å²) in [6, 6.07) is 0. The molecule has 0 unspecified atom stereocenters. The third kappa shape index (κ3) is 1.70. The molecular weight excluding hydrogens is 150 g/mol. The highest BCUT2D eigenvalue weighted by atomic mass is 19.3. The minimum absolute atomic E-state index is 0.0256. The second kappa shape index (κ2) is 2.70. The van der Waals surface area contributed by atoms with Gasteiger partial charge < -0.3 is 5.11 Å². The molecule has 66 valence electrons. The van der Waals surface area contributed by atoms with Crippen LogP contribution in [0.4, 0.5) is 8.78 Å². The SMILES string of the molecule is CC(F)(F)C1(CCCO)CC1. The Morgan fingerprint density at radius 1 is 1.45 bits per heavy atom. The van der Waals surface area contributed by atoms with Crippen molar-refractivity contribution in [1.29, 1.82) is 0 Å². The van der Waals surface area contributed by atoms with E-state index in [9.17, 15) is 8.78 Å². The van der Waals surface area contributed by atoms with Crippen molar-refractivity contribution < 1.29 is 13.9 Å². The topological polar surface area (TPSA) is 20.2 Å². The maximum atomic E-state index is 12.8. The highest BCUT2D eigenvalue weighted by Gasteiger charge is 2.57. The molecule has 1 saturated carbocycles. The van der Waals surface area contributed by atoms with Crippen LogP contribution in [0, 0.1) is 5.41 Å². The number of hydrogen-bond donors (Lipinski definition) is 1. The van der Waals surface area contributed by atoms with Crippen LogP contribution < -0.4 is 0 Å². The molecule has 1 nitrogen and oxygen atoms in total. The molecule has 1 N–H and O–H groups in total. The molecule has 1 fully saturated rings. The molecule has 0 aromatic heterocycles. The van der Waals surface area contributed by atoms with E-state index < -0.39 is 11.3 Å². The molecule has 1 aliphatic rings. The van der Waals surface area contributed by atoms with Crippen LogP contribution in [0.15, 0.2) is 0 Å². The van der Waals surface area contributed by atoms with E-state index in [0.717, 1.165) is 6.92 Å². The molecule has 0 aromatic carbocycles. The summed E-state index contributed by atoms with van der Waals surface area (Å²) < 4.78 is 25.6. The van der Waals surface area contributed by atoms with Gasteiger partial charge in [-0.2, -0.15) is 0 Å². The molecule has 0 amide bonds. The fraction of sp³-hybridized carbons (Fsp3) is 1.00. The number of rotatable bonds is 4. The Kier molecular flexibility index (Phi) is 2.19.